The van der Waals surface area contributed by atoms with E-state index in [9.17, 15) is 0 Å². The van der Waals surface area contributed by atoms with Gasteiger partial charge in [-0.25, -0.2) is 0 Å². The van der Waals surface area contributed by atoms with Crippen molar-refractivity contribution in [1.29, 1.82) is 0 Å². The smallest absolute Gasteiger partial charge is 0.0601 e. The molecule has 3 rings (SSSR count). The molecule has 1 fully saturated rings. The molecule has 0 radical (unpaired) electrons. The van der Waals surface area contributed by atoms with Gasteiger partial charge in [0.1, 0.15) is 0 Å². The highest BCUT2D eigenvalue weighted by molar-refractivity contribution is 9.10. The Morgan fingerprint density at radius 2 is 1.37 bits per heavy atom. The Hall–Kier alpha value is -1.12. The van der Waals surface area contributed by atoms with Gasteiger partial charge in [-0.05, 0) is 49.2 Å². The maximum atomic E-state index is 3.52. The fraction of sp³-hybridized carbons (Fsp3) is 0.294. The third-order valence-corrected chi connectivity index (χ3v) is 4.34. The van der Waals surface area contributed by atoms with Crippen LogP contribution in [-0.4, -0.2) is 18.0 Å². The van der Waals surface area contributed by atoms with E-state index in [1.807, 2.05) is 0 Å². The zero-order valence-corrected chi connectivity index (χ0v) is 12.5. The minimum absolute atomic E-state index is 0.400. The van der Waals surface area contributed by atoms with Crippen LogP contribution >= 0.6 is 15.9 Å². The Kier molecular flexibility index (Phi) is 4.00. The van der Waals surface area contributed by atoms with Gasteiger partial charge in [0.05, 0.1) is 6.04 Å². The average molecular weight is 316 g/mol. The Bertz CT molecular complexity index is 515. The molecule has 0 bridgehead atoms. The molecule has 2 aromatic rings. The number of hydrogen-bond acceptors (Lipinski definition) is 1. The quantitative estimate of drug-likeness (QED) is 0.798. The average Bonchev–Trinajstić information content (AvgIpc) is 2.96. The lowest BCUT2D eigenvalue weighted by molar-refractivity contribution is 0.281. The number of rotatable bonds is 3. The first-order valence-corrected chi connectivity index (χ1v) is 7.68. The zero-order chi connectivity index (χ0) is 13.1. The zero-order valence-electron chi connectivity index (χ0n) is 10.9. The number of benzene rings is 2. The molecule has 19 heavy (non-hydrogen) atoms. The van der Waals surface area contributed by atoms with Crippen molar-refractivity contribution in [3.8, 4) is 0 Å². The highest BCUT2D eigenvalue weighted by atomic mass is 79.9. The van der Waals surface area contributed by atoms with Crippen LogP contribution in [0.3, 0.4) is 0 Å². The summed E-state index contributed by atoms with van der Waals surface area (Å²) in [5.41, 5.74) is 2.78. The van der Waals surface area contributed by atoms with Crippen LogP contribution in [0, 0.1) is 0 Å². The minimum Gasteiger partial charge on any atom is -0.292 e. The van der Waals surface area contributed by atoms with Gasteiger partial charge in [-0.2, -0.15) is 0 Å². The molecule has 0 amide bonds. The standard InChI is InChI=1S/C17H18BrN/c18-16-10-8-15(9-11-16)17(19-12-4-5-13-19)14-6-2-1-3-7-14/h1-3,6-11,17H,4-5,12-13H2. The molecule has 0 N–H and O–H groups in total. The summed E-state index contributed by atoms with van der Waals surface area (Å²) < 4.78 is 1.14. The predicted molar refractivity (Wildman–Crippen MR) is 83.2 cm³/mol. The van der Waals surface area contributed by atoms with Gasteiger partial charge in [0.15, 0.2) is 0 Å². The van der Waals surface area contributed by atoms with Crippen molar-refractivity contribution in [2.75, 3.05) is 13.1 Å². The first-order chi connectivity index (χ1) is 9.34. The Balaban J connectivity index is 1.98. The van der Waals surface area contributed by atoms with Gasteiger partial charge in [-0.15, -0.1) is 0 Å². The van der Waals surface area contributed by atoms with Gasteiger partial charge in [0, 0.05) is 4.47 Å². The van der Waals surface area contributed by atoms with Gasteiger partial charge in [-0.1, -0.05) is 58.4 Å². The third-order valence-electron chi connectivity index (χ3n) is 3.81. The van der Waals surface area contributed by atoms with E-state index in [2.05, 4.69) is 75.4 Å². The summed E-state index contributed by atoms with van der Waals surface area (Å²) in [5, 5.41) is 0. The molecular weight excluding hydrogens is 298 g/mol. The lowest BCUT2D eigenvalue weighted by Gasteiger charge is -2.28. The lowest BCUT2D eigenvalue weighted by Crippen LogP contribution is -2.26. The van der Waals surface area contributed by atoms with Crippen molar-refractivity contribution in [2.45, 2.75) is 18.9 Å². The Morgan fingerprint density at radius 3 is 2.00 bits per heavy atom. The van der Waals surface area contributed by atoms with E-state index in [-0.39, 0.29) is 0 Å². The van der Waals surface area contributed by atoms with Crippen LogP contribution in [0.25, 0.3) is 0 Å². The minimum atomic E-state index is 0.400. The van der Waals surface area contributed by atoms with E-state index in [1.54, 1.807) is 0 Å². The lowest BCUT2D eigenvalue weighted by atomic mass is 9.97. The molecule has 1 aliphatic heterocycles. The van der Waals surface area contributed by atoms with Gasteiger partial charge < -0.3 is 0 Å². The number of halogens is 1. The summed E-state index contributed by atoms with van der Waals surface area (Å²) in [6, 6.07) is 20.0. The highest BCUT2D eigenvalue weighted by Gasteiger charge is 2.24. The molecular formula is C17H18BrN. The van der Waals surface area contributed by atoms with Crippen molar-refractivity contribution in [3.63, 3.8) is 0 Å². The van der Waals surface area contributed by atoms with E-state index >= 15 is 0 Å². The second kappa shape index (κ2) is 5.89. The van der Waals surface area contributed by atoms with Crippen LogP contribution in [0.1, 0.15) is 30.0 Å². The van der Waals surface area contributed by atoms with Crippen LogP contribution in [0.15, 0.2) is 59.1 Å². The van der Waals surface area contributed by atoms with Crippen LogP contribution in [0.4, 0.5) is 0 Å². The van der Waals surface area contributed by atoms with Crippen LogP contribution < -0.4 is 0 Å². The molecule has 1 aliphatic rings. The number of nitrogens with zero attached hydrogens (tertiary/aromatic N) is 1. The van der Waals surface area contributed by atoms with Gasteiger partial charge in [-0.3, -0.25) is 4.90 Å². The first-order valence-electron chi connectivity index (χ1n) is 6.89. The van der Waals surface area contributed by atoms with Gasteiger partial charge >= 0.3 is 0 Å². The second-order valence-electron chi connectivity index (χ2n) is 5.11. The van der Waals surface area contributed by atoms with Crippen molar-refractivity contribution >= 4 is 15.9 Å². The summed E-state index contributed by atoms with van der Waals surface area (Å²) in [7, 11) is 0. The molecule has 0 aromatic heterocycles. The monoisotopic (exact) mass is 315 g/mol. The van der Waals surface area contributed by atoms with E-state index in [0.29, 0.717) is 6.04 Å². The van der Waals surface area contributed by atoms with Crippen molar-refractivity contribution < 1.29 is 0 Å². The Morgan fingerprint density at radius 1 is 0.789 bits per heavy atom. The fourth-order valence-electron chi connectivity index (χ4n) is 2.89. The molecule has 98 valence electrons. The molecule has 1 heterocycles. The van der Waals surface area contributed by atoms with Gasteiger partial charge in [0.25, 0.3) is 0 Å². The normalized spacial score (nSPS) is 17.5. The van der Waals surface area contributed by atoms with Crippen LogP contribution in [0.2, 0.25) is 0 Å². The molecule has 1 nitrogen and oxygen atoms in total. The maximum absolute atomic E-state index is 3.52. The van der Waals surface area contributed by atoms with E-state index in [0.717, 1.165) is 4.47 Å². The topological polar surface area (TPSA) is 3.24 Å². The first kappa shape index (κ1) is 12.9. The van der Waals surface area contributed by atoms with Crippen molar-refractivity contribution in [2.24, 2.45) is 0 Å². The van der Waals surface area contributed by atoms with E-state index in [1.165, 1.54) is 37.1 Å². The number of likely N-dealkylation sites (tertiary alicyclic amines) is 1. The molecule has 2 aromatic carbocycles. The molecule has 1 atom stereocenters. The molecule has 0 saturated carbocycles. The van der Waals surface area contributed by atoms with Crippen molar-refractivity contribution in [3.05, 3.63) is 70.2 Å². The largest absolute Gasteiger partial charge is 0.292 e. The molecule has 1 saturated heterocycles. The second-order valence-corrected chi connectivity index (χ2v) is 6.02. The van der Waals surface area contributed by atoms with Crippen LogP contribution in [-0.2, 0) is 0 Å². The van der Waals surface area contributed by atoms with E-state index < -0.39 is 0 Å². The summed E-state index contributed by atoms with van der Waals surface area (Å²) >= 11 is 3.52. The maximum Gasteiger partial charge on any atom is 0.0601 e. The molecule has 1 unspecified atom stereocenters. The third kappa shape index (κ3) is 2.90. The fourth-order valence-corrected chi connectivity index (χ4v) is 3.16. The molecule has 0 aliphatic carbocycles. The summed E-state index contributed by atoms with van der Waals surface area (Å²) in [5.74, 6) is 0. The van der Waals surface area contributed by atoms with E-state index in [4.69, 9.17) is 0 Å². The summed E-state index contributed by atoms with van der Waals surface area (Å²) in [6.45, 7) is 2.41. The summed E-state index contributed by atoms with van der Waals surface area (Å²) in [6.07, 6.45) is 2.64. The van der Waals surface area contributed by atoms with Crippen LogP contribution in [0.5, 0.6) is 0 Å². The Labute approximate surface area is 123 Å². The molecule has 2 heteroatoms. The highest BCUT2D eigenvalue weighted by Crippen LogP contribution is 2.31. The summed E-state index contributed by atoms with van der Waals surface area (Å²) in [4.78, 5) is 2.60. The van der Waals surface area contributed by atoms with Gasteiger partial charge in [0.2, 0.25) is 0 Å². The van der Waals surface area contributed by atoms with Crippen molar-refractivity contribution in [1.82, 2.24) is 4.90 Å². The number of hydrogen-bond donors (Lipinski definition) is 0. The molecule has 0 spiro atoms. The SMILES string of the molecule is Brc1ccc(C(c2ccccc2)N2CCCC2)cc1. The predicted octanol–water partition coefficient (Wildman–Crippen LogP) is 4.63.